The molecule has 1 unspecified atom stereocenters. The predicted molar refractivity (Wildman–Crippen MR) is 75.5 cm³/mol. The summed E-state index contributed by atoms with van der Waals surface area (Å²) in [5, 5.41) is 0.0677. The van der Waals surface area contributed by atoms with Gasteiger partial charge in [-0.3, -0.25) is 0 Å². The first-order chi connectivity index (χ1) is 9.12. The highest BCUT2D eigenvalue weighted by molar-refractivity contribution is 6.31. The van der Waals surface area contributed by atoms with Gasteiger partial charge in [0, 0.05) is 13.2 Å². The third-order valence-electron chi connectivity index (χ3n) is 3.12. The summed E-state index contributed by atoms with van der Waals surface area (Å²) in [4.78, 5) is 4.41. The number of methoxy groups -OCH3 is 1. The van der Waals surface area contributed by atoms with E-state index in [9.17, 15) is 4.39 Å². The maximum atomic E-state index is 13.7. The molecule has 0 fully saturated rings. The zero-order chi connectivity index (χ0) is 14.0. The Kier molecular flexibility index (Phi) is 4.66. The van der Waals surface area contributed by atoms with Crippen LogP contribution in [-0.2, 0) is 10.6 Å². The summed E-state index contributed by atoms with van der Waals surface area (Å²) in [5.74, 6) is 0.500. The maximum Gasteiger partial charge on any atom is 0.144 e. The maximum absolute atomic E-state index is 13.7. The molecule has 3 nitrogen and oxygen atoms in total. The van der Waals surface area contributed by atoms with Crippen LogP contribution in [0.15, 0.2) is 12.1 Å². The lowest BCUT2D eigenvalue weighted by Gasteiger charge is -2.19. The van der Waals surface area contributed by atoms with Crippen molar-refractivity contribution in [3.8, 4) is 0 Å². The number of aromatic nitrogens is 2. The van der Waals surface area contributed by atoms with E-state index in [-0.39, 0.29) is 16.9 Å². The molecule has 0 saturated heterocycles. The molecule has 0 radical (unpaired) electrons. The summed E-state index contributed by atoms with van der Waals surface area (Å²) in [7, 11) is 1.64. The lowest BCUT2D eigenvalue weighted by atomic mass is 10.2. The quantitative estimate of drug-likeness (QED) is 0.775. The molecule has 0 N–H and O–H groups in total. The van der Waals surface area contributed by atoms with Gasteiger partial charge >= 0.3 is 0 Å². The van der Waals surface area contributed by atoms with E-state index in [0.29, 0.717) is 23.5 Å². The second kappa shape index (κ2) is 6.07. The molecule has 0 aliphatic heterocycles. The molecule has 0 saturated carbocycles. The van der Waals surface area contributed by atoms with Crippen LogP contribution in [0, 0.1) is 5.82 Å². The van der Waals surface area contributed by atoms with Crippen molar-refractivity contribution in [2.45, 2.75) is 25.3 Å². The Hall–Kier alpha value is -0.840. The van der Waals surface area contributed by atoms with Crippen LogP contribution in [0.5, 0.6) is 0 Å². The molecule has 2 rings (SSSR count). The van der Waals surface area contributed by atoms with Crippen LogP contribution in [0.1, 0.15) is 25.2 Å². The van der Waals surface area contributed by atoms with Crippen LogP contribution in [0.2, 0.25) is 5.02 Å². The normalized spacial score (nSPS) is 13.1. The number of fused-ring (bicyclic) bond motifs is 1. The minimum Gasteiger partial charge on any atom is -0.383 e. The molecule has 19 heavy (non-hydrogen) atoms. The van der Waals surface area contributed by atoms with Gasteiger partial charge in [0.25, 0.3) is 0 Å². The molecule has 0 aliphatic carbocycles. The molecule has 2 aromatic rings. The van der Waals surface area contributed by atoms with Gasteiger partial charge < -0.3 is 9.30 Å². The zero-order valence-electron chi connectivity index (χ0n) is 10.8. The van der Waals surface area contributed by atoms with E-state index in [1.165, 1.54) is 12.1 Å². The monoisotopic (exact) mass is 304 g/mol. The molecule has 1 heterocycles. The highest BCUT2D eigenvalue weighted by Crippen LogP contribution is 2.28. The molecular formula is C13H15Cl2FN2O. The van der Waals surface area contributed by atoms with Gasteiger partial charge in [0.15, 0.2) is 0 Å². The molecule has 0 amide bonds. The Morgan fingerprint density at radius 3 is 2.79 bits per heavy atom. The van der Waals surface area contributed by atoms with Crippen molar-refractivity contribution in [1.29, 1.82) is 0 Å². The molecule has 0 spiro atoms. The Morgan fingerprint density at radius 2 is 2.21 bits per heavy atom. The van der Waals surface area contributed by atoms with Crippen LogP contribution in [0.25, 0.3) is 11.0 Å². The molecule has 1 atom stereocenters. The fourth-order valence-electron chi connectivity index (χ4n) is 2.21. The topological polar surface area (TPSA) is 27.1 Å². The van der Waals surface area contributed by atoms with Crippen molar-refractivity contribution < 1.29 is 9.13 Å². The molecule has 0 bridgehead atoms. The average Bonchev–Trinajstić information content (AvgIpc) is 2.74. The number of hydrogen-bond donors (Lipinski definition) is 0. The number of hydrogen-bond acceptors (Lipinski definition) is 2. The number of benzene rings is 1. The largest absolute Gasteiger partial charge is 0.383 e. The third kappa shape index (κ3) is 2.71. The molecule has 6 heteroatoms. The Labute approximate surface area is 121 Å². The standard InChI is InChI=1S/C13H15Cl2FN2O/c1-3-8(7-19-2)18-12-5-10(16)9(15)4-11(12)17-13(18)6-14/h4-5,8H,3,6-7H2,1-2H3. The Morgan fingerprint density at radius 1 is 1.47 bits per heavy atom. The first kappa shape index (κ1) is 14.6. The number of halogens is 3. The van der Waals surface area contributed by atoms with E-state index in [0.717, 1.165) is 6.42 Å². The number of alkyl halides is 1. The van der Waals surface area contributed by atoms with Gasteiger partial charge in [-0.1, -0.05) is 18.5 Å². The van der Waals surface area contributed by atoms with Crippen molar-refractivity contribution in [2.75, 3.05) is 13.7 Å². The van der Waals surface area contributed by atoms with Crippen molar-refractivity contribution >= 4 is 34.2 Å². The minimum atomic E-state index is -0.455. The van der Waals surface area contributed by atoms with Crippen LogP contribution < -0.4 is 0 Å². The smallest absolute Gasteiger partial charge is 0.144 e. The third-order valence-corrected chi connectivity index (χ3v) is 3.65. The van der Waals surface area contributed by atoms with E-state index in [4.69, 9.17) is 27.9 Å². The molecule has 1 aromatic carbocycles. The molecule has 104 valence electrons. The fraction of sp³-hybridized carbons (Fsp3) is 0.462. The van der Waals surface area contributed by atoms with E-state index in [2.05, 4.69) is 4.98 Å². The van der Waals surface area contributed by atoms with E-state index >= 15 is 0 Å². The molecule has 0 aliphatic rings. The summed E-state index contributed by atoms with van der Waals surface area (Å²) >= 11 is 11.7. The van der Waals surface area contributed by atoms with Gasteiger partial charge in [0.1, 0.15) is 11.6 Å². The van der Waals surface area contributed by atoms with Gasteiger partial charge in [-0.25, -0.2) is 9.37 Å². The van der Waals surface area contributed by atoms with Crippen LogP contribution >= 0.6 is 23.2 Å². The van der Waals surface area contributed by atoms with Gasteiger partial charge in [0.2, 0.25) is 0 Å². The van der Waals surface area contributed by atoms with Crippen LogP contribution in [0.3, 0.4) is 0 Å². The SMILES string of the molecule is CCC(COC)n1c(CCl)nc2cc(Cl)c(F)cc21. The summed E-state index contributed by atoms with van der Waals surface area (Å²) in [6.45, 7) is 2.57. The van der Waals surface area contributed by atoms with E-state index < -0.39 is 5.82 Å². The molecule has 1 aromatic heterocycles. The predicted octanol–water partition coefficient (Wildman–Crippen LogP) is 4.17. The van der Waals surface area contributed by atoms with Gasteiger partial charge in [0.05, 0.1) is 34.6 Å². The highest BCUT2D eigenvalue weighted by Gasteiger charge is 2.19. The van der Waals surface area contributed by atoms with Crippen LogP contribution in [-0.4, -0.2) is 23.3 Å². The number of nitrogens with zero attached hydrogens (tertiary/aromatic N) is 2. The minimum absolute atomic E-state index is 0.0677. The first-order valence-corrected chi connectivity index (χ1v) is 6.94. The van der Waals surface area contributed by atoms with E-state index in [1.54, 1.807) is 7.11 Å². The van der Waals surface area contributed by atoms with Gasteiger partial charge in [-0.2, -0.15) is 0 Å². The lowest BCUT2D eigenvalue weighted by molar-refractivity contribution is 0.153. The van der Waals surface area contributed by atoms with Crippen molar-refractivity contribution in [3.63, 3.8) is 0 Å². The Balaban J connectivity index is 2.65. The second-order valence-electron chi connectivity index (χ2n) is 4.30. The lowest BCUT2D eigenvalue weighted by Crippen LogP contribution is -2.16. The summed E-state index contributed by atoms with van der Waals surface area (Å²) < 4.78 is 20.8. The number of ether oxygens (including phenoxy) is 1. The van der Waals surface area contributed by atoms with Crippen molar-refractivity contribution in [3.05, 3.63) is 28.8 Å². The van der Waals surface area contributed by atoms with Crippen molar-refractivity contribution in [1.82, 2.24) is 9.55 Å². The zero-order valence-corrected chi connectivity index (χ0v) is 12.3. The summed E-state index contributed by atoms with van der Waals surface area (Å²) in [6, 6.07) is 3.00. The van der Waals surface area contributed by atoms with Gasteiger partial charge in [-0.15, -0.1) is 11.6 Å². The summed E-state index contributed by atoms with van der Waals surface area (Å²) in [5.41, 5.74) is 1.35. The Bertz CT molecular complexity index is 586. The van der Waals surface area contributed by atoms with Gasteiger partial charge in [-0.05, 0) is 12.5 Å². The fourth-order valence-corrected chi connectivity index (χ4v) is 2.56. The second-order valence-corrected chi connectivity index (χ2v) is 4.98. The van der Waals surface area contributed by atoms with E-state index in [1.807, 2.05) is 11.5 Å². The molecular weight excluding hydrogens is 290 g/mol. The number of imidazole rings is 1. The summed E-state index contributed by atoms with van der Waals surface area (Å²) in [6.07, 6.45) is 0.841. The average molecular weight is 305 g/mol. The first-order valence-electron chi connectivity index (χ1n) is 6.03. The highest BCUT2D eigenvalue weighted by atomic mass is 35.5. The van der Waals surface area contributed by atoms with Crippen molar-refractivity contribution in [2.24, 2.45) is 0 Å². The number of rotatable bonds is 5. The van der Waals surface area contributed by atoms with Crippen LogP contribution in [0.4, 0.5) is 4.39 Å².